The normalized spacial score (nSPS) is 17.3. The maximum absolute atomic E-state index is 6.28. The predicted molar refractivity (Wildman–Crippen MR) is 112 cm³/mol. The number of anilines is 2. The van der Waals surface area contributed by atoms with E-state index in [9.17, 15) is 0 Å². The van der Waals surface area contributed by atoms with Crippen molar-refractivity contribution in [3.63, 3.8) is 0 Å². The summed E-state index contributed by atoms with van der Waals surface area (Å²) in [5.74, 6) is 1.62. The van der Waals surface area contributed by atoms with E-state index in [4.69, 9.17) is 11.6 Å². The van der Waals surface area contributed by atoms with Crippen LogP contribution in [-0.4, -0.2) is 9.97 Å². The molecule has 1 aromatic carbocycles. The Morgan fingerprint density at radius 3 is 2.77 bits per heavy atom. The van der Waals surface area contributed by atoms with Crippen molar-refractivity contribution >= 4 is 44.7 Å². The molecule has 26 heavy (non-hydrogen) atoms. The lowest BCUT2D eigenvalue weighted by molar-refractivity contribution is 0.218. The zero-order valence-corrected chi connectivity index (χ0v) is 17.3. The van der Waals surface area contributed by atoms with Gasteiger partial charge < -0.3 is 5.32 Å². The minimum absolute atomic E-state index is 0.346. The molecule has 1 aliphatic carbocycles. The van der Waals surface area contributed by atoms with Gasteiger partial charge in [-0.1, -0.05) is 38.4 Å². The number of aromatic nitrogens is 2. The first-order chi connectivity index (χ1) is 12.3. The molecule has 2 aromatic heterocycles. The van der Waals surface area contributed by atoms with Crippen LogP contribution < -0.4 is 5.32 Å². The molecule has 3 nitrogen and oxygen atoms in total. The molecule has 1 atom stereocenters. The Bertz CT molecular complexity index is 971. The van der Waals surface area contributed by atoms with Crippen molar-refractivity contribution in [2.75, 3.05) is 5.32 Å². The summed E-state index contributed by atoms with van der Waals surface area (Å²) in [6.07, 6.45) is 5.14. The van der Waals surface area contributed by atoms with Gasteiger partial charge in [0.15, 0.2) is 0 Å². The van der Waals surface area contributed by atoms with Crippen molar-refractivity contribution in [3.05, 3.63) is 45.6 Å². The van der Waals surface area contributed by atoms with Gasteiger partial charge in [0.05, 0.1) is 5.39 Å². The minimum Gasteiger partial charge on any atom is -0.340 e. The average molecular weight is 386 g/mol. The molecule has 0 aliphatic heterocycles. The lowest BCUT2D eigenvalue weighted by Crippen LogP contribution is -2.26. The molecular weight excluding hydrogens is 362 g/mol. The van der Waals surface area contributed by atoms with Gasteiger partial charge in [-0.25, -0.2) is 9.97 Å². The number of thiophene rings is 1. The molecule has 136 valence electrons. The van der Waals surface area contributed by atoms with E-state index in [1.54, 1.807) is 6.33 Å². The maximum atomic E-state index is 6.28. The Balaban J connectivity index is 1.73. The second kappa shape index (κ2) is 6.50. The SMILES string of the molecule is Cc1ccc(Nc2ncnc3sc4c(c23)CCC(C(C)(C)C)C4)cc1Cl. The Morgan fingerprint density at radius 1 is 1.23 bits per heavy atom. The summed E-state index contributed by atoms with van der Waals surface area (Å²) in [6, 6.07) is 6.03. The number of fused-ring (bicyclic) bond motifs is 3. The van der Waals surface area contributed by atoms with Crippen LogP contribution in [0.15, 0.2) is 24.5 Å². The predicted octanol–water partition coefficient (Wildman–Crippen LogP) is 6.55. The molecule has 1 N–H and O–H groups in total. The summed E-state index contributed by atoms with van der Waals surface area (Å²) in [4.78, 5) is 11.7. The van der Waals surface area contributed by atoms with Crippen LogP contribution in [0.25, 0.3) is 10.2 Å². The highest BCUT2D eigenvalue weighted by Crippen LogP contribution is 2.44. The highest BCUT2D eigenvalue weighted by molar-refractivity contribution is 7.19. The van der Waals surface area contributed by atoms with E-state index in [-0.39, 0.29) is 0 Å². The lowest BCUT2D eigenvalue weighted by Gasteiger charge is -2.33. The van der Waals surface area contributed by atoms with Crippen LogP contribution >= 0.6 is 22.9 Å². The smallest absolute Gasteiger partial charge is 0.142 e. The van der Waals surface area contributed by atoms with Crippen LogP contribution in [0.2, 0.25) is 5.02 Å². The second-order valence-electron chi connectivity index (χ2n) is 8.30. The third-order valence-electron chi connectivity index (χ3n) is 5.50. The van der Waals surface area contributed by atoms with Crippen molar-refractivity contribution in [2.24, 2.45) is 11.3 Å². The highest BCUT2D eigenvalue weighted by Gasteiger charge is 2.31. The number of hydrogen-bond acceptors (Lipinski definition) is 4. The third-order valence-corrected chi connectivity index (χ3v) is 7.07. The van der Waals surface area contributed by atoms with Crippen molar-refractivity contribution in [1.82, 2.24) is 9.97 Å². The van der Waals surface area contributed by atoms with Crippen LogP contribution in [0.3, 0.4) is 0 Å². The van der Waals surface area contributed by atoms with E-state index < -0.39 is 0 Å². The van der Waals surface area contributed by atoms with E-state index >= 15 is 0 Å². The van der Waals surface area contributed by atoms with Gasteiger partial charge in [-0.3, -0.25) is 0 Å². The quantitative estimate of drug-likeness (QED) is 0.543. The van der Waals surface area contributed by atoms with E-state index in [1.807, 2.05) is 36.5 Å². The van der Waals surface area contributed by atoms with Crippen molar-refractivity contribution in [1.29, 1.82) is 0 Å². The van der Waals surface area contributed by atoms with Crippen LogP contribution in [0.5, 0.6) is 0 Å². The largest absolute Gasteiger partial charge is 0.340 e. The topological polar surface area (TPSA) is 37.8 Å². The first-order valence-corrected chi connectivity index (χ1v) is 10.3. The second-order valence-corrected chi connectivity index (χ2v) is 9.79. The van der Waals surface area contributed by atoms with Crippen LogP contribution in [0.4, 0.5) is 11.5 Å². The monoisotopic (exact) mass is 385 g/mol. The lowest BCUT2D eigenvalue weighted by atomic mass is 9.72. The van der Waals surface area contributed by atoms with Crippen LogP contribution in [0, 0.1) is 18.3 Å². The van der Waals surface area contributed by atoms with E-state index in [2.05, 4.69) is 36.1 Å². The van der Waals surface area contributed by atoms with Gasteiger partial charge in [0.1, 0.15) is 17.0 Å². The van der Waals surface area contributed by atoms with Crippen molar-refractivity contribution in [3.8, 4) is 0 Å². The molecule has 4 rings (SSSR count). The first-order valence-electron chi connectivity index (χ1n) is 9.11. The fourth-order valence-corrected chi connectivity index (χ4v) is 5.20. The van der Waals surface area contributed by atoms with Gasteiger partial charge in [-0.05, 0) is 60.8 Å². The molecule has 0 amide bonds. The van der Waals surface area contributed by atoms with Gasteiger partial charge in [-0.15, -0.1) is 11.3 Å². The number of hydrogen-bond donors (Lipinski definition) is 1. The number of benzene rings is 1. The number of nitrogens with zero attached hydrogens (tertiary/aromatic N) is 2. The zero-order valence-electron chi connectivity index (χ0n) is 15.7. The molecule has 0 saturated carbocycles. The molecule has 0 spiro atoms. The Hall–Kier alpha value is -1.65. The Kier molecular flexibility index (Phi) is 4.44. The van der Waals surface area contributed by atoms with Crippen molar-refractivity contribution in [2.45, 2.75) is 47.0 Å². The van der Waals surface area contributed by atoms with Gasteiger partial charge >= 0.3 is 0 Å². The van der Waals surface area contributed by atoms with Gasteiger partial charge in [0, 0.05) is 15.6 Å². The molecular formula is C21H24ClN3S. The maximum Gasteiger partial charge on any atom is 0.142 e. The molecule has 2 heterocycles. The van der Waals surface area contributed by atoms with Crippen molar-refractivity contribution < 1.29 is 0 Å². The number of aryl methyl sites for hydroxylation is 2. The van der Waals surface area contributed by atoms with E-state index in [1.165, 1.54) is 22.2 Å². The fourth-order valence-electron chi connectivity index (χ4n) is 3.75. The summed E-state index contributed by atoms with van der Waals surface area (Å²) in [5, 5.41) is 5.42. The molecule has 0 bridgehead atoms. The summed E-state index contributed by atoms with van der Waals surface area (Å²) in [6.45, 7) is 9.06. The first kappa shape index (κ1) is 17.7. The molecule has 0 radical (unpaired) electrons. The van der Waals surface area contributed by atoms with Gasteiger partial charge in [0.2, 0.25) is 0 Å². The standard InChI is InChI=1S/C21H24ClN3S/c1-12-5-7-14(10-16(12)22)25-19-18-15-8-6-13(21(2,3)4)9-17(15)26-20(18)24-11-23-19/h5,7,10-11,13H,6,8-9H2,1-4H3,(H,23,24,25). The molecule has 5 heteroatoms. The number of nitrogens with one attached hydrogen (secondary N) is 1. The fraction of sp³-hybridized carbons (Fsp3) is 0.429. The Morgan fingerprint density at radius 2 is 2.04 bits per heavy atom. The molecule has 3 aromatic rings. The highest BCUT2D eigenvalue weighted by atomic mass is 35.5. The van der Waals surface area contributed by atoms with Crippen LogP contribution in [-0.2, 0) is 12.8 Å². The summed E-state index contributed by atoms with van der Waals surface area (Å²) in [5.41, 5.74) is 3.82. The summed E-state index contributed by atoms with van der Waals surface area (Å²) < 4.78 is 0. The summed E-state index contributed by atoms with van der Waals surface area (Å²) >= 11 is 8.11. The van der Waals surface area contributed by atoms with Gasteiger partial charge in [-0.2, -0.15) is 0 Å². The minimum atomic E-state index is 0.346. The molecule has 0 fully saturated rings. The molecule has 1 unspecified atom stereocenters. The third kappa shape index (κ3) is 3.21. The van der Waals surface area contributed by atoms with E-state index in [0.29, 0.717) is 5.41 Å². The summed E-state index contributed by atoms with van der Waals surface area (Å²) in [7, 11) is 0. The number of rotatable bonds is 2. The molecule has 0 saturated heterocycles. The average Bonchev–Trinajstić information content (AvgIpc) is 2.96. The molecule has 1 aliphatic rings. The van der Waals surface area contributed by atoms with E-state index in [0.717, 1.165) is 45.7 Å². The Labute approximate surface area is 163 Å². The van der Waals surface area contributed by atoms with Crippen LogP contribution in [0.1, 0.15) is 43.2 Å². The van der Waals surface area contributed by atoms with Gasteiger partial charge in [0.25, 0.3) is 0 Å². The number of halogens is 1. The zero-order chi connectivity index (χ0) is 18.5.